The predicted molar refractivity (Wildman–Crippen MR) is 72.6 cm³/mol. The monoisotopic (exact) mass is 258 g/mol. The van der Waals surface area contributed by atoms with Crippen LogP contribution < -0.4 is 5.56 Å². The molecule has 1 aromatic heterocycles. The van der Waals surface area contributed by atoms with Crippen LogP contribution in [-0.2, 0) is 0 Å². The van der Waals surface area contributed by atoms with Gasteiger partial charge in [0.05, 0.1) is 0 Å². The molecule has 0 aliphatic rings. The number of aryl methyl sites for hydroxylation is 1. The molecule has 0 amide bonds. The molecule has 0 bridgehead atoms. The van der Waals surface area contributed by atoms with Crippen LogP contribution in [0.2, 0.25) is 0 Å². The van der Waals surface area contributed by atoms with E-state index in [4.69, 9.17) is 0 Å². The van der Waals surface area contributed by atoms with Gasteiger partial charge in [-0.3, -0.25) is 4.79 Å². The number of thiol groups is 1. The van der Waals surface area contributed by atoms with Crippen molar-refractivity contribution in [1.82, 2.24) is 9.97 Å². The van der Waals surface area contributed by atoms with E-state index >= 15 is 0 Å². The number of H-pyrrole nitrogens is 1. The summed E-state index contributed by atoms with van der Waals surface area (Å²) in [6, 6.07) is 1.51. The van der Waals surface area contributed by atoms with E-state index in [0.717, 1.165) is 28.8 Å². The van der Waals surface area contributed by atoms with Crippen molar-refractivity contribution >= 4 is 24.4 Å². The van der Waals surface area contributed by atoms with Gasteiger partial charge in [-0.05, 0) is 25.5 Å². The fourth-order valence-corrected chi connectivity index (χ4v) is 2.50. The smallest absolute Gasteiger partial charge is 0.251 e. The normalized spacial score (nSPS) is 10.6. The number of hydrogen-bond donors (Lipinski definition) is 2. The molecule has 0 aromatic carbocycles. The largest absolute Gasteiger partial charge is 0.301 e. The quantitative estimate of drug-likeness (QED) is 0.342. The Hall–Kier alpha value is -0.420. The molecule has 16 heavy (non-hydrogen) atoms. The molecule has 1 N–H and O–H groups in total. The molecule has 5 heteroatoms. The number of unbranched alkanes of at least 4 members (excludes halogenated alkanes) is 3. The molecular weight excluding hydrogens is 240 g/mol. The molecular formula is C11H18N2OS2. The van der Waals surface area contributed by atoms with E-state index in [0.29, 0.717) is 0 Å². The van der Waals surface area contributed by atoms with E-state index in [1.54, 1.807) is 11.8 Å². The van der Waals surface area contributed by atoms with Crippen LogP contribution in [0.3, 0.4) is 0 Å². The van der Waals surface area contributed by atoms with Gasteiger partial charge in [0.15, 0.2) is 5.16 Å². The Balaban J connectivity index is 2.24. The lowest BCUT2D eigenvalue weighted by molar-refractivity contribution is 0.711. The van der Waals surface area contributed by atoms with Gasteiger partial charge in [-0.25, -0.2) is 4.98 Å². The van der Waals surface area contributed by atoms with Crippen LogP contribution >= 0.6 is 24.4 Å². The Morgan fingerprint density at radius 1 is 1.38 bits per heavy atom. The lowest BCUT2D eigenvalue weighted by atomic mass is 10.2. The number of rotatable bonds is 7. The van der Waals surface area contributed by atoms with Crippen LogP contribution in [0.4, 0.5) is 0 Å². The maximum Gasteiger partial charge on any atom is 0.251 e. The Morgan fingerprint density at radius 2 is 2.12 bits per heavy atom. The highest BCUT2D eigenvalue weighted by Gasteiger charge is 1.98. The molecule has 0 saturated carbocycles. The highest BCUT2D eigenvalue weighted by Crippen LogP contribution is 2.14. The van der Waals surface area contributed by atoms with E-state index in [1.807, 2.05) is 6.92 Å². The van der Waals surface area contributed by atoms with Gasteiger partial charge in [0.1, 0.15) is 0 Å². The van der Waals surface area contributed by atoms with Crippen LogP contribution in [-0.4, -0.2) is 21.5 Å². The Bertz CT molecular complexity index is 365. The van der Waals surface area contributed by atoms with Crippen molar-refractivity contribution in [2.75, 3.05) is 11.5 Å². The van der Waals surface area contributed by atoms with E-state index in [1.165, 1.54) is 25.3 Å². The minimum Gasteiger partial charge on any atom is -0.301 e. The topological polar surface area (TPSA) is 45.8 Å². The van der Waals surface area contributed by atoms with Crippen molar-refractivity contribution in [3.8, 4) is 0 Å². The first kappa shape index (κ1) is 13.6. The van der Waals surface area contributed by atoms with Gasteiger partial charge in [0.25, 0.3) is 5.56 Å². The third-order valence-electron chi connectivity index (χ3n) is 2.14. The lowest BCUT2D eigenvalue weighted by Gasteiger charge is -2.01. The molecule has 1 heterocycles. The molecule has 1 aromatic rings. The summed E-state index contributed by atoms with van der Waals surface area (Å²) in [5, 5.41) is 0.735. The number of aromatic nitrogens is 2. The van der Waals surface area contributed by atoms with Gasteiger partial charge in [-0.2, -0.15) is 12.6 Å². The first-order valence-corrected chi connectivity index (χ1v) is 7.16. The third kappa shape index (κ3) is 5.61. The Morgan fingerprint density at radius 3 is 2.81 bits per heavy atom. The van der Waals surface area contributed by atoms with Crippen molar-refractivity contribution in [2.24, 2.45) is 0 Å². The Kier molecular flexibility index (Phi) is 6.64. The van der Waals surface area contributed by atoms with Crippen molar-refractivity contribution in [2.45, 2.75) is 37.8 Å². The molecule has 0 unspecified atom stereocenters. The van der Waals surface area contributed by atoms with Crippen molar-refractivity contribution in [3.63, 3.8) is 0 Å². The van der Waals surface area contributed by atoms with Gasteiger partial charge in [0.2, 0.25) is 0 Å². The van der Waals surface area contributed by atoms with Crippen LogP contribution in [0.25, 0.3) is 0 Å². The molecule has 0 spiro atoms. The van der Waals surface area contributed by atoms with Gasteiger partial charge >= 0.3 is 0 Å². The number of hydrogen-bond acceptors (Lipinski definition) is 4. The maximum absolute atomic E-state index is 11.2. The fraction of sp³-hybridized carbons (Fsp3) is 0.636. The molecule has 0 aliphatic heterocycles. The first-order valence-electron chi connectivity index (χ1n) is 5.54. The fourth-order valence-electron chi connectivity index (χ4n) is 1.36. The second-order valence-electron chi connectivity index (χ2n) is 3.68. The number of nitrogens with zero attached hydrogens (tertiary/aromatic N) is 1. The van der Waals surface area contributed by atoms with Crippen molar-refractivity contribution < 1.29 is 0 Å². The van der Waals surface area contributed by atoms with E-state index in [9.17, 15) is 4.79 Å². The summed E-state index contributed by atoms with van der Waals surface area (Å²) in [5.74, 6) is 1.98. The Labute approximate surface area is 106 Å². The molecule has 0 aliphatic carbocycles. The first-order chi connectivity index (χ1) is 7.72. The van der Waals surface area contributed by atoms with Crippen molar-refractivity contribution in [1.29, 1.82) is 0 Å². The average molecular weight is 258 g/mol. The maximum atomic E-state index is 11.2. The summed E-state index contributed by atoms with van der Waals surface area (Å²) in [4.78, 5) is 18.2. The molecule has 0 atom stereocenters. The molecule has 90 valence electrons. The zero-order chi connectivity index (χ0) is 11.8. The van der Waals surface area contributed by atoms with Crippen LogP contribution in [0.15, 0.2) is 16.0 Å². The minimum atomic E-state index is -0.0647. The van der Waals surface area contributed by atoms with Crippen LogP contribution in [0, 0.1) is 6.92 Å². The second kappa shape index (κ2) is 7.79. The predicted octanol–water partition coefficient (Wildman–Crippen LogP) is 2.66. The SMILES string of the molecule is Cc1cc(=O)[nH]c(SCCCCCCS)n1. The standard InChI is InChI=1S/C11H18N2OS2/c1-9-8-10(14)13-11(12-9)16-7-5-3-2-4-6-15/h8,15H,2-7H2,1H3,(H,12,13,14). The second-order valence-corrected chi connectivity index (χ2v) is 5.21. The van der Waals surface area contributed by atoms with E-state index in [2.05, 4.69) is 22.6 Å². The van der Waals surface area contributed by atoms with E-state index in [-0.39, 0.29) is 5.56 Å². The molecule has 1 rings (SSSR count). The summed E-state index contributed by atoms with van der Waals surface area (Å²) < 4.78 is 0. The lowest BCUT2D eigenvalue weighted by Crippen LogP contribution is -2.08. The van der Waals surface area contributed by atoms with Gasteiger partial charge in [0, 0.05) is 17.5 Å². The summed E-state index contributed by atoms with van der Waals surface area (Å²) >= 11 is 5.79. The zero-order valence-electron chi connectivity index (χ0n) is 9.53. The van der Waals surface area contributed by atoms with Crippen LogP contribution in [0.1, 0.15) is 31.4 Å². The summed E-state index contributed by atoms with van der Waals surface area (Å²) in [5.41, 5.74) is 0.714. The van der Waals surface area contributed by atoms with Gasteiger partial charge < -0.3 is 4.98 Å². The van der Waals surface area contributed by atoms with E-state index < -0.39 is 0 Å². The number of thioether (sulfide) groups is 1. The number of aromatic amines is 1. The molecule has 0 saturated heterocycles. The summed E-state index contributed by atoms with van der Waals surface area (Å²) in [6.45, 7) is 1.84. The highest BCUT2D eigenvalue weighted by molar-refractivity contribution is 7.99. The van der Waals surface area contributed by atoms with Crippen molar-refractivity contribution in [3.05, 3.63) is 22.1 Å². The summed E-state index contributed by atoms with van der Waals surface area (Å²) in [7, 11) is 0. The molecule has 0 fully saturated rings. The van der Waals surface area contributed by atoms with Gasteiger partial charge in [-0.15, -0.1) is 0 Å². The molecule has 0 radical (unpaired) electrons. The average Bonchev–Trinajstić information content (AvgIpc) is 2.22. The van der Waals surface area contributed by atoms with Gasteiger partial charge in [-0.1, -0.05) is 24.6 Å². The molecule has 3 nitrogen and oxygen atoms in total. The zero-order valence-corrected chi connectivity index (χ0v) is 11.2. The van der Waals surface area contributed by atoms with Crippen LogP contribution in [0.5, 0.6) is 0 Å². The third-order valence-corrected chi connectivity index (χ3v) is 3.42. The number of nitrogens with one attached hydrogen (secondary N) is 1. The summed E-state index contributed by atoms with van der Waals surface area (Å²) in [6.07, 6.45) is 4.81. The highest BCUT2D eigenvalue weighted by atomic mass is 32.2. The minimum absolute atomic E-state index is 0.0647.